The van der Waals surface area contributed by atoms with Gasteiger partial charge in [-0.3, -0.25) is 4.21 Å². The Hall–Kier alpha value is -0.680. The average molecular weight is 262 g/mol. The highest BCUT2D eigenvalue weighted by molar-refractivity contribution is 7.84. The second-order valence-corrected chi connectivity index (χ2v) is 5.46. The van der Waals surface area contributed by atoms with Crippen LogP contribution in [0.1, 0.15) is 19.7 Å². The van der Waals surface area contributed by atoms with Crippen LogP contribution < -0.4 is 5.32 Å². The Morgan fingerprint density at radius 1 is 1.44 bits per heavy atom. The Labute approximate surface area is 103 Å². The van der Waals surface area contributed by atoms with Crippen LogP contribution in [0.15, 0.2) is 6.07 Å². The van der Waals surface area contributed by atoms with Crippen LogP contribution in [-0.4, -0.2) is 32.2 Å². The summed E-state index contributed by atoms with van der Waals surface area (Å²) in [7, 11) is -0.752. The minimum absolute atomic E-state index is 0.436. The fourth-order valence-corrected chi connectivity index (χ4v) is 1.97. The lowest BCUT2D eigenvalue weighted by molar-refractivity contribution is 0.684. The molecule has 0 radical (unpaired) electrons. The summed E-state index contributed by atoms with van der Waals surface area (Å²) in [6.07, 6.45) is 0.746. The van der Waals surface area contributed by atoms with E-state index < -0.39 is 10.8 Å². The molecule has 4 nitrogen and oxygen atoms in total. The maximum atomic E-state index is 11.2. The molecule has 90 valence electrons. The van der Waals surface area contributed by atoms with Crippen molar-refractivity contribution in [1.82, 2.24) is 9.97 Å². The maximum absolute atomic E-state index is 11.2. The Kier molecular flexibility index (Phi) is 5.69. The molecule has 6 heteroatoms. The van der Waals surface area contributed by atoms with Crippen molar-refractivity contribution in [2.45, 2.75) is 20.3 Å². The van der Waals surface area contributed by atoms with Gasteiger partial charge >= 0.3 is 0 Å². The fourth-order valence-electron chi connectivity index (χ4n) is 1.15. The van der Waals surface area contributed by atoms with E-state index in [1.165, 1.54) is 0 Å². The quantitative estimate of drug-likeness (QED) is 0.795. The fraction of sp³-hybridized carbons (Fsp3) is 0.600. The monoisotopic (exact) mass is 261 g/mol. The summed E-state index contributed by atoms with van der Waals surface area (Å²) in [5, 5.41) is 3.53. The molecule has 0 aliphatic carbocycles. The minimum Gasteiger partial charge on any atom is -0.369 e. The van der Waals surface area contributed by atoms with Gasteiger partial charge in [0.25, 0.3) is 0 Å². The highest BCUT2D eigenvalue weighted by Crippen LogP contribution is 2.11. The van der Waals surface area contributed by atoms with Crippen LogP contribution in [0.2, 0.25) is 5.15 Å². The molecule has 1 heterocycles. The van der Waals surface area contributed by atoms with E-state index in [1.54, 1.807) is 6.07 Å². The molecule has 0 saturated heterocycles. The third-order valence-corrected chi connectivity index (χ3v) is 3.51. The van der Waals surface area contributed by atoms with Gasteiger partial charge in [-0.25, -0.2) is 9.97 Å². The van der Waals surface area contributed by atoms with Crippen molar-refractivity contribution in [3.8, 4) is 0 Å². The second kappa shape index (κ2) is 6.81. The molecular formula is C10H16ClN3OS. The molecule has 1 atom stereocenters. The molecular weight excluding hydrogens is 246 g/mol. The van der Waals surface area contributed by atoms with Gasteiger partial charge in [-0.05, 0) is 0 Å². The Morgan fingerprint density at radius 2 is 2.19 bits per heavy atom. The van der Waals surface area contributed by atoms with Crippen LogP contribution in [0.3, 0.4) is 0 Å². The molecule has 0 aromatic carbocycles. The number of hydrogen-bond donors (Lipinski definition) is 1. The first-order valence-corrected chi connectivity index (χ1v) is 7.14. The van der Waals surface area contributed by atoms with Crippen molar-refractivity contribution in [2.75, 3.05) is 23.4 Å². The van der Waals surface area contributed by atoms with Gasteiger partial charge < -0.3 is 5.32 Å². The largest absolute Gasteiger partial charge is 0.369 e. The first kappa shape index (κ1) is 13.4. The molecule has 0 aliphatic rings. The van der Waals surface area contributed by atoms with Crippen LogP contribution in [0, 0.1) is 0 Å². The number of nitrogens with zero attached hydrogens (tertiary/aromatic N) is 2. The third kappa shape index (κ3) is 4.45. The number of nitrogens with one attached hydrogen (secondary N) is 1. The van der Waals surface area contributed by atoms with Gasteiger partial charge in [-0.1, -0.05) is 25.4 Å². The van der Waals surface area contributed by atoms with E-state index >= 15 is 0 Å². The molecule has 0 saturated carbocycles. The van der Waals surface area contributed by atoms with Crippen molar-refractivity contribution < 1.29 is 4.21 Å². The standard InChI is InChI=1S/C10H16ClN3OS/c1-3-9-13-8(11)7-10(14-9)12-5-6-16(15)4-2/h7H,3-6H2,1-2H3,(H,12,13,14). The average Bonchev–Trinajstić information content (AvgIpc) is 2.28. The highest BCUT2D eigenvalue weighted by atomic mass is 35.5. The zero-order valence-corrected chi connectivity index (χ0v) is 11.1. The van der Waals surface area contributed by atoms with E-state index in [-0.39, 0.29) is 0 Å². The van der Waals surface area contributed by atoms with Gasteiger partial charge in [-0.15, -0.1) is 0 Å². The molecule has 1 rings (SSSR count). The zero-order valence-electron chi connectivity index (χ0n) is 9.49. The van der Waals surface area contributed by atoms with E-state index in [2.05, 4.69) is 15.3 Å². The van der Waals surface area contributed by atoms with Crippen molar-refractivity contribution in [3.05, 3.63) is 17.0 Å². The lowest BCUT2D eigenvalue weighted by Gasteiger charge is -2.06. The van der Waals surface area contributed by atoms with Crippen molar-refractivity contribution in [3.63, 3.8) is 0 Å². The van der Waals surface area contributed by atoms with Crippen molar-refractivity contribution in [1.29, 1.82) is 0 Å². The second-order valence-electron chi connectivity index (χ2n) is 3.21. The van der Waals surface area contributed by atoms with E-state index in [1.807, 2.05) is 13.8 Å². The van der Waals surface area contributed by atoms with Gasteiger partial charge in [-0.2, -0.15) is 0 Å². The minimum atomic E-state index is -0.752. The van der Waals surface area contributed by atoms with Crippen LogP contribution in [0.4, 0.5) is 5.82 Å². The van der Waals surface area contributed by atoms with Crippen LogP contribution in [0.25, 0.3) is 0 Å². The van der Waals surface area contributed by atoms with Gasteiger partial charge in [0.2, 0.25) is 0 Å². The molecule has 1 aromatic rings. The SMILES string of the molecule is CCc1nc(Cl)cc(NCCS(=O)CC)n1. The van der Waals surface area contributed by atoms with E-state index in [4.69, 9.17) is 11.6 Å². The first-order valence-electron chi connectivity index (χ1n) is 5.28. The van der Waals surface area contributed by atoms with Gasteiger partial charge in [0.1, 0.15) is 16.8 Å². The molecule has 0 amide bonds. The maximum Gasteiger partial charge on any atom is 0.134 e. The lowest BCUT2D eigenvalue weighted by Crippen LogP contribution is -2.13. The van der Waals surface area contributed by atoms with Crippen LogP contribution in [-0.2, 0) is 17.2 Å². The normalized spacial score (nSPS) is 12.4. The summed E-state index contributed by atoms with van der Waals surface area (Å²) in [5.41, 5.74) is 0. The number of rotatable bonds is 6. The van der Waals surface area contributed by atoms with Gasteiger partial charge in [0, 0.05) is 41.3 Å². The van der Waals surface area contributed by atoms with Crippen LogP contribution in [0.5, 0.6) is 0 Å². The summed E-state index contributed by atoms with van der Waals surface area (Å²) in [5.74, 6) is 2.72. The molecule has 0 bridgehead atoms. The zero-order chi connectivity index (χ0) is 12.0. The van der Waals surface area contributed by atoms with E-state index in [9.17, 15) is 4.21 Å². The van der Waals surface area contributed by atoms with Crippen molar-refractivity contribution >= 4 is 28.2 Å². The lowest BCUT2D eigenvalue weighted by atomic mass is 10.4. The molecule has 1 unspecified atom stereocenters. The number of aromatic nitrogens is 2. The number of aryl methyl sites for hydroxylation is 1. The number of hydrogen-bond acceptors (Lipinski definition) is 4. The van der Waals surface area contributed by atoms with Crippen LogP contribution >= 0.6 is 11.6 Å². The summed E-state index contributed by atoms with van der Waals surface area (Å²) in [6.45, 7) is 4.52. The predicted molar refractivity (Wildman–Crippen MR) is 68.5 cm³/mol. The summed E-state index contributed by atoms with van der Waals surface area (Å²) in [4.78, 5) is 8.34. The Bertz CT molecular complexity index is 373. The number of halogens is 1. The molecule has 1 aromatic heterocycles. The molecule has 0 fully saturated rings. The van der Waals surface area contributed by atoms with E-state index in [0.717, 1.165) is 6.42 Å². The van der Waals surface area contributed by atoms with E-state index in [0.29, 0.717) is 34.8 Å². The summed E-state index contributed by atoms with van der Waals surface area (Å²) >= 11 is 5.85. The molecule has 0 spiro atoms. The Balaban J connectivity index is 2.53. The highest BCUT2D eigenvalue weighted by Gasteiger charge is 2.02. The molecule has 0 aliphatic heterocycles. The van der Waals surface area contributed by atoms with Crippen molar-refractivity contribution in [2.24, 2.45) is 0 Å². The summed E-state index contributed by atoms with van der Waals surface area (Å²) < 4.78 is 11.2. The summed E-state index contributed by atoms with van der Waals surface area (Å²) in [6, 6.07) is 1.68. The molecule has 1 N–H and O–H groups in total. The predicted octanol–water partition coefficient (Wildman–Crippen LogP) is 1.87. The Morgan fingerprint density at radius 3 is 2.81 bits per heavy atom. The molecule has 16 heavy (non-hydrogen) atoms. The smallest absolute Gasteiger partial charge is 0.134 e. The topological polar surface area (TPSA) is 54.9 Å². The van der Waals surface area contributed by atoms with Gasteiger partial charge in [0.15, 0.2) is 0 Å². The van der Waals surface area contributed by atoms with Gasteiger partial charge in [0.05, 0.1) is 0 Å². The first-order chi connectivity index (χ1) is 7.65. The third-order valence-electron chi connectivity index (χ3n) is 2.02. The number of anilines is 1.